The van der Waals surface area contributed by atoms with Crippen molar-refractivity contribution in [2.75, 3.05) is 19.7 Å². The summed E-state index contributed by atoms with van der Waals surface area (Å²) in [5.74, 6) is 2.06. The Morgan fingerprint density at radius 3 is 2.50 bits per heavy atom. The number of piperidine rings is 1. The van der Waals surface area contributed by atoms with E-state index in [4.69, 9.17) is 9.47 Å². The fourth-order valence-electron chi connectivity index (χ4n) is 6.30. The number of halogens is 1. The van der Waals surface area contributed by atoms with Crippen LogP contribution in [0.4, 0.5) is 10.1 Å². The summed E-state index contributed by atoms with van der Waals surface area (Å²) in [6.07, 6.45) is 10.2. The van der Waals surface area contributed by atoms with E-state index in [1.165, 1.54) is 50.3 Å². The van der Waals surface area contributed by atoms with Crippen molar-refractivity contribution in [2.24, 2.45) is 5.92 Å². The number of thioether (sulfide) groups is 1. The molecule has 2 heterocycles. The van der Waals surface area contributed by atoms with Gasteiger partial charge in [-0.15, -0.1) is 0 Å². The van der Waals surface area contributed by atoms with Gasteiger partial charge >= 0.3 is 0 Å². The largest absolute Gasteiger partial charge is 0.493 e. The Balaban J connectivity index is 0.966. The van der Waals surface area contributed by atoms with Gasteiger partial charge in [-0.1, -0.05) is 19.3 Å². The normalized spacial score (nSPS) is 22.1. The molecular weight excluding hydrogens is 559 g/mol. The van der Waals surface area contributed by atoms with E-state index in [2.05, 4.69) is 14.9 Å². The third-order valence-corrected chi connectivity index (χ3v) is 10.2. The van der Waals surface area contributed by atoms with Crippen LogP contribution in [0.3, 0.4) is 0 Å². The van der Waals surface area contributed by atoms with Crippen molar-refractivity contribution in [3.8, 4) is 11.5 Å². The van der Waals surface area contributed by atoms with Gasteiger partial charge in [-0.25, -0.2) is 9.37 Å². The number of hydrogen-bond donors (Lipinski definition) is 1. The Morgan fingerprint density at radius 1 is 1.05 bits per heavy atom. The van der Waals surface area contributed by atoms with Crippen molar-refractivity contribution in [3.63, 3.8) is 0 Å². The zero-order valence-corrected chi connectivity index (χ0v) is 24.5. The van der Waals surface area contributed by atoms with Crippen LogP contribution in [0.5, 0.6) is 11.5 Å². The number of hydrogen-bond acceptors (Lipinski definition) is 8. The minimum Gasteiger partial charge on any atom is -0.493 e. The number of likely N-dealkylation sites (tertiary alicyclic amines) is 1. The molecule has 0 unspecified atom stereocenters. The van der Waals surface area contributed by atoms with Gasteiger partial charge in [0, 0.05) is 48.4 Å². The SMILES string of the molecule is O=c1[nH]c(CSC2CCCCC2)nc2cc(OCC3CCN(C4CC(Oc5ccc([N+](=O)[O-])cc5)C4)CC3)cc(F)c12. The number of benzene rings is 2. The quantitative estimate of drug-likeness (QED) is 0.216. The predicted octanol–water partition coefficient (Wildman–Crippen LogP) is 6.24. The predicted molar refractivity (Wildman–Crippen MR) is 161 cm³/mol. The first-order chi connectivity index (χ1) is 20.4. The van der Waals surface area contributed by atoms with Gasteiger partial charge < -0.3 is 19.4 Å². The van der Waals surface area contributed by atoms with Gasteiger partial charge in [-0.3, -0.25) is 14.9 Å². The van der Waals surface area contributed by atoms with Crippen LogP contribution in [0.25, 0.3) is 10.9 Å². The molecule has 2 aromatic carbocycles. The van der Waals surface area contributed by atoms with Crippen molar-refractivity contribution in [1.29, 1.82) is 0 Å². The lowest BCUT2D eigenvalue weighted by Gasteiger charge is -2.45. The van der Waals surface area contributed by atoms with E-state index in [1.807, 2.05) is 11.8 Å². The number of non-ortho nitro benzene ring substituents is 1. The van der Waals surface area contributed by atoms with Crippen LogP contribution in [-0.4, -0.2) is 56.9 Å². The third-order valence-electron chi connectivity index (χ3n) is 8.86. The number of nitro groups is 1. The summed E-state index contributed by atoms with van der Waals surface area (Å²) in [5, 5.41) is 11.4. The Bertz CT molecular complexity index is 1450. The molecule has 3 aromatic rings. The van der Waals surface area contributed by atoms with Crippen molar-refractivity contribution >= 4 is 28.4 Å². The molecule has 1 aromatic heterocycles. The Kier molecular flexibility index (Phi) is 8.95. The van der Waals surface area contributed by atoms with Crippen molar-refractivity contribution in [3.05, 3.63) is 68.5 Å². The summed E-state index contributed by atoms with van der Waals surface area (Å²) in [4.78, 5) is 32.9. The number of fused-ring (bicyclic) bond motifs is 1. The number of H-pyrrole nitrogens is 1. The molecule has 0 amide bonds. The van der Waals surface area contributed by atoms with Crippen LogP contribution in [0.2, 0.25) is 0 Å². The highest BCUT2D eigenvalue weighted by Crippen LogP contribution is 2.34. The molecule has 11 heteroatoms. The fourth-order valence-corrected chi connectivity index (χ4v) is 7.50. The third kappa shape index (κ3) is 6.89. The molecule has 1 aliphatic heterocycles. The number of nitro benzene ring substituents is 1. The molecule has 0 atom stereocenters. The molecule has 2 aliphatic carbocycles. The van der Waals surface area contributed by atoms with Gasteiger partial charge in [0.15, 0.2) is 0 Å². The standard InChI is InChI=1S/C31H37FN4O5S/c32-27-16-24(17-28-30(27)31(37)34-29(33-28)19-42-26-4-2-1-3-5-26)40-18-20-10-12-35(13-11-20)22-14-25(15-22)41-23-8-6-21(7-9-23)36(38)39/h6-9,16-17,20,22,25-26H,1-5,10-15,18-19H2,(H,33,34,37). The number of ether oxygens (including phenoxy) is 2. The van der Waals surface area contributed by atoms with Crippen molar-refractivity contribution < 1.29 is 18.8 Å². The van der Waals surface area contributed by atoms with Crippen LogP contribution >= 0.6 is 11.8 Å². The van der Waals surface area contributed by atoms with E-state index in [0.717, 1.165) is 38.8 Å². The maximum atomic E-state index is 14.9. The Morgan fingerprint density at radius 2 is 1.79 bits per heavy atom. The van der Waals surface area contributed by atoms with E-state index in [0.29, 0.717) is 52.4 Å². The highest BCUT2D eigenvalue weighted by molar-refractivity contribution is 7.99. The number of aromatic nitrogens is 2. The molecule has 2 saturated carbocycles. The van der Waals surface area contributed by atoms with Crippen LogP contribution in [0, 0.1) is 21.8 Å². The highest BCUT2D eigenvalue weighted by atomic mass is 32.2. The summed E-state index contributed by atoms with van der Waals surface area (Å²) in [7, 11) is 0. The zero-order chi connectivity index (χ0) is 29.1. The molecule has 3 aliphatic rings. The monoisotopic (exact) mass is 596 g/mol. The summed E-state index contributed by atoms with van der Waals surface area (Å²) in [5.41, 5.74) is -0.0305. The second-order valence-corrected chi connectivity index (χ2v) is 13.1. The Hall–Kier alpha value is -3.18. The van der Waals surface area contributed by atoms with Crippen LogP contribution in [-0.2, 0) is 5.75 Å². The second-order valence-electron chi connectivity index (χ2n) is 11.8. The summed E-state index contributed by atoms with van der Waals surface area (Å²) in [6, 6.07) is 9.72. The van der Waals surface area contributed by atoms with E-state index in [-0.39, 0.29) is 17.2 Å². The van der Waals surface area contributed by atoms with Crippen LogP contribution in [0.1, 0.15) is 63.6 Å². The van der Waals surface area contributed by atoms with E-state index < -0.39 is 16.3 Å². The van der Waals surface area contributed by atoms with Gasteiger partial charge in [0.05, 0.1) is 22.8 Å². The molecule has 0 bridgehead atoms. The molecule has 42 heavy (non-hydrogen) atoms. The molecule has 0 spiro atoms. The van der Waals surface area contributed by atoms with Crippen LogP contribution < -0.4 is 15.0 Å². The number of nitrogens with one attached hydrogen (secondary N) is 1. The lowest BCUT2D eigenvalue weighted by atomic mass is 9.85. The lowest BCUT2D eigenvalue weighted by Crippen LogP contribution is -2.52. The molecule has 1 saturated heterocycles. The first-order valence-corrected chi connectivity index (χ1v) is 16.1. The summed E-state index contributed by atoms with van der Waals surface area (Å²) >= 11 is 1.83. The topological polar surface area (TPSA) is 111 Å². The zero-order valence-electron chi connectivity index (χ0n) is 23.6. The van der Waals surface area contributed by atoms with Gasteiger partial charge in [0.25, 0.3) is 11.2 Å². The molecule has 1 N–H and O–H groups in total. The lowest BCUT2D eigenvalue weighted by molar-refractivity contribution is -0.384. The van der Waals surface area contributed by atoms with Gasteiger partial charge in [0.2, 0.25) is 0 Å². The summed E-state index contributed by atoms with van der Waals surface area (Å²) < 4.78 is 26.9. The smallest absolute Gasteiger partial charge is 0.269 e. The maximum Gasteiger partial charge on any atom is 0.269 e. The van der Waals surface area contributed by atoms with Crippen molar-refractivity contribution in [1.82, 2.24) is 14.9 Å². The highest BCUT2D eigenvalue weighted by Gasteiger charge is 2.37. The fraction of sp³-hybridized carbons (Fsp3) is 0.548. The van der Waals surface area contributed by atoms with Gasteiger partial charge in [-0.2, -0.15) is 11.8 Å². The molecule has 3 fully saturated rings. The first-order valence-electron chi connectivity index (χ1n) is 15.0. The molecule has 6 rings (SSSR count). The number of nitrogens with zero attached hydrogens (tertiary/aromatic N) is 3. The average Bonchev–Trinajstić information content (AvgIpc) is 2.97. The molecule has 0 radical (unpaired) electrons. The maximum absolute atomic E-state index is 14.9. The second kappa shape index (κ2) is 13.0. The molecular formula is C31H37FN4O5S. The molecule has 224 valence electrons. The summed E-state index contributed by atoms with van der Waals surface area (Å²) in [6.45, 7) is 2.46. The van der Waals surface area contributed by atoms with E-state index in [1.54, 1.807) is 18.2 Å². The molecule has 9 nitrogen and oxygen atoms in total. The minimum absolute atomic E-state index is 0.0153. The van der Waals surface area contributed by atoms with Gasteiger partial charge in [0.1, 0.15) is 34.6 Å². The number of aromatic amines is 1. The van der Waals surface area contributed by atoms with E-state index in [9.17, 15) is 19.3 Å². The van der Waals surface area contributed by atoms with Gasteiger partial charge in [-0.05, 0) is 56.8 Å². The average molecular weight is 597 g/mol. The number of rotatable bonds is 10. The van der Waals surface area contributed by atoms with E-state index >= 15 is 0 Å². The minimum atomic E-state index is -0.604. The van der Waals surface area contributed by atoms with Crippen LogP contribution in [0.15, 0.2) is 41.2 Å². The van der Waals surface area contributed by atoms with Crippen molar-refractivity contribution in [2.45, 2.75) is 80.9 Å². The first kappa shape index (κ1) is 28.9. The Labute approximate surface area is 248 Å².